The number of hydrogen-bond acceptors (Lipinski definition) is 3. The second-order valence-electron chi connectivity index (χ2n) is 3.88. The quantitative estimate of drug-likeness (QED) is 0.814. The molecule has 2 N–H and O–H groups in total. The lowest BCUT2D eigenvalue weighted by Gasteiger charge is -2.18. The predicted molar refractivity (Wildman–Crippen MR) is 59.1 cm³/mol. The van der Waals surface area contributed by atoms with Crippen LogP contribution in [0.3, 0.4) is 0 Å². The van der Waals surface area contributed by atoms with Crippen molar-refractivity contribution in [2.45, 2.75) is 5.92 Å². The Morgan fingerprint density at radius 2 is 2.20 bits per heavy atom. The second-order valence-corrected chi connectivity index (χ2v) is 3.88. The van der Waals surface area contributed by atoms with E-state index in [4.69, 9.17) is 15.2 Å². The van der Waals surface area contributed by atoms with Crippen molar-refractivity contribution in [2.24, 2.45) is 11.7 Å². The molecule has 3 nitrogen and oxygen atoms in total. The van der Waals surface area contributed by atoms with E-state index in [1.165, 1.54) is 5.56 Å². The Kier molecular flexibility index (Phi) is 3.23. The molecular weight excluding hydrogens is 190 g/mol. The van der Waals surface area contributed by atoms with Crippen LogP contribution in [0.25, 0.3) is 0 Å². The summed E-state index contributed by atoms with van der Waals surface area (Å²) in [4.78, 5) is 0. The van der Waals surface area contributed by atoms with Gasteiger partial charge in [0.1, 0.15) is 5.75 Å². The number of nitrogens with two attached hydrogens (primary N) is 1. The number of methoxy groups -OCH3 is 1. The zero-order chi connectivity index (χ0) is 10.7. The molecule has 2 rings (SSSR count). The number of ether oxygens (including phenoxy) is 2. The van der Waals surface area contributed by atoms with E-state index in [9.17, 15) is 0 Å². The van der Waals surface area contributed by atoms with Crippen molar-refractivity contribution in [2.75, 3.05) is 26.9 Å². The highest BCUT2D eigenvalue weighted by Crippen LogP contribution is 2.35. The maximum Gasteiger partial charge on any atom is 0.122 e. The maximum absolute atomic E-state index is 5.73. The second kappa shape index (κ2) is 4.64. The third-order valence-corrected chi connectivity index (χ3v) is 3.04. The van der Waals surface area contributed by atoms with Gasteiger partial charge in [-0.25, -0.2) is 0 Å². The molecular formula is C12H17NO2. The molecule has 1 aromatic rings. The van der Waals surface area contributed by atoms with Crippen LogP contribution in [0.1, 0.15) is 11.5 Å². The van der Waals surface area contributed by atoms with E-state index in [1.807, 2.05) is 18.2 Å². The molecule has 0 bridgehead atoms. The van der Waals surface area contributed by atoms with E-state index < -0.39 is 0 Å². The van der Waals surface area contributed by atoms with Gasteiger partial charge in [-0.2, -0.15) is 0 Å². The third-order valence-electron chi connectivity index (χ3n) is 3.04. The lowest BCUT2D eigenvalue weighted by Crippen LogP contribution is -2.20. The standard InChI is InChI=1S/C12H17NO2/c1-14-12-5-3-2-4-10(12)11-8-15-7-9(11)6-13/h2-5,9,11H,6-8,13H2,1H3. The molecule has 1 aromatic carbocycles. The summed E-state index contributed by atoms with van der Waals surface area (Å²) in [6.45, 7) is 2.18. The van der Waals surface area contributed by atoms with Crippen molar-refractivity contribution in [3.05, 3.63) is 29.8 Å². The van der Waals surface area contributed by atoms with E-state index in [0.29, 0.717) is 18.4 Å². The predicted octanol–water partition coefficient (Wildman–Crippen LogP) is 1.38. The molecule has 0 radical (unpaired) electrons. The smallest absolute Gasteiger partial charge is 0.122 e. The monoisotopic (exact) mass is 207 g/mol. The van der Waals surface area contributed by atoms with Crippen molar-refractivity contribution in [1.82, 2.24) is 0 Å². The molecule has 2 unspecified atom stereocenters. The van der Waals surface area contributed by atoms with Gasteiger partial charge in [-0.1, -0.05) is 18.2 Å². The zero-order valence-electron chi connectivity index (χ0n) is 8.98. The van der Waals surface area contributed by atoms with Crippen molar-refractivity contribution < 1.29 is 9.47 Å². The van der Waals surface area contributed by atoms with Crippen LogP contribution in [0, 0.1) is 5.92 Å². The Balaban J connectivity index is 2.27. The van der Waals surface area contributed by atoms with Gasteiger partial charge in [0.15, 0.2) is 0 Å². The Labute approximate surface area is 90.2 Å². The topological polar surface area (TPSA) is 44.5 Å². The van der Waals surface area contributed by atoms with Gasteiger partial charge in [0, 0.05) is 11.8 Å². The van der Waals surface area contributed by atoms with Crippen LogP contribution in [-0.4, -0.2) is 26.9 Å². The van der Waals surface area contributed by atoms with E-state index >= 15 is 0 Å². The first-order valence-electron chi connectivity index (χ1n) is 5.27. The van der Waals surface area contributed by atoms with Crippen LogP contribution in [-0.2, 0) is 4.74 Å². The zero-order valence-corrected chi connectivity index (χ0v) is 8.98. The maximum atomic E-state index is 5.73. The molecule has 0 saturated carbocycles. The molecule has 0 aromatic heterocycles. The first-order valence-corrected chi connectivity index (χ1v) is 5.27. The van der Waals surface area contributed by atoms with Crippen LogP contribution in [0.5, 0.6) is 5.75 Å². The van der Waals surface area contributed by atoms with E-state index in [1.54, 1.807) is 7.11 Å². The first kappa shape index (κ1) is 10.5. The molecule has 1 saturated heterocycles. The molecule has 3 heteroatoms. The Morgan fingerprint density at radius 1 is 1.40 bits per heavy atom. The van der Waals surface area contributed by atoms with Gasteiger partial charge in [0.25, 0.3) is 0 Å². The highest BCUT2D eigenvalue weighted by Gasteiger charge is 2.30. The average Bonchev–Trinajstić information content (AvgIpc) is 2.76. The van der Waals surface area contributed by atoms with Crippen LogP contribution in [0.15, 0.2) is 24.3 Å². The highest BCUT2D eigenvalue weighted by molar-refractivity contribution is 5.37. The van der Waals surface area contributed by atoms with Crippen LogP contribution in [0.4, 0.5) is 0 Å². The molecule has 82 valence electrons. The summed E-state index contributed by atoms with van der Waals surface area (Å²) < 4.78 is 10.8. The Morgan fingerprint density at radius 3 is 2.93 bits per heavy atom. The van der Waals surface area contributed by atoms with Crippen LogP contribution >= 0.6 is 0 Å². The lowest BCUT2D eigenvalue weighted by atomic mass is 9.88. The van der Waals surface area contributed by atoms with Gasteiger partial charge in [0.2, 0.25) is 0 Å². The van der Waals surface area contributed by atoms with Gasteiger partial charge in [-0.15, -0.1) is 0 Å². The first-order chi connectivity index (χ1) is 7.36. The lowest BCUT2D eigenvalue weighted by molar-refractivity contribution is 0.185. The van der Waals surface area contributed by atoms with E-state index in [-0.39, 0.29) is 0 Å². The van der Waals surface area contributed by atoms with Crippen LogP contribution < -0.4 is 10.5 Å². The van der Waals surface area contributed by atoms with E-state index in [2.05, 4.69) is 6.07 Å². The van der Waals surface area contributed by atoms with Crippen molar-refractivity contribution in [3.63, 3.8) is 0 Å². The largest absolute Gasteiger partial charge is 0.496 e. The van der Waals surface area contributed by atoms with Gasteiger partial charge < -0.3 is 15.2 Å². The molecule has 0 aliphatic carbocycles. The van der Waals surface area contributed by atoms with Crippen LogP contribution in [0.2, 0.25) is 0 Å². The van der Waals surface area contributed by atoms with E-state index in [0.717, 1.165) is 19.0 Å². The van der Waals surface area contributed by atoms with Gasteiger partial charge >= 0.3 is 0 Å². The molecule has 1 fully saturated rings. The third kappa shape index (κ3) is 1.98. The van der Waals surface area contributed by atoms with Gasteiger partial charge in [-0.3, -0.25) is 0 Å². The SMILES string of the molecule is COc1ccccc1C1COCC1CN. The summed E-state index contributed by atoms with van der Waals surface area (Å²) in [6.07, 6.45) is 0. The average molecular weight is 207 g/mol. The van der Waals surface area contributed by atoms with Gasteiger partial charge in [-0.05, 0) is 18.2 Å². The summed E-state index contributed by atoms with van der Waals surface area (Å²) in [6, 6.07) is 8.10. The Bertz CT molecular complexity index is 327. The number of hydrogen-bond donors (Lipinski definition) is 1. The molecule has 0 spiro atoms. The van der Waals surface area contributed by atoms with Crippen molar-refractivity contribution in [1.29, 1.82) is 0 Å². The minimum absolute atomic E-state index is 0.381. The fraction of sp³-hybridized carbons (Fsp3) is 0.500. The van der Waals surface area contributed by atoms with Gasteiger partial charge in [0.05, 0.1) is 20.3 Å². The summed E-state index contributed by atoms with van der Waals surface area (Å²) in [7, 11) is 1.70. The molecule has 1 aliphatic heterocycles. The molecule has 1 heterocycles. The Hall–Kier alpha value is -1.06. The van der Waals surface area contributed by atoms with Crippen molar-refractivity contribution in [3.8, 4) is 5.75 Å². The molecule has 0 amide bonds. The normalized spacial score (nSPS) is 25.5. The minimum atomic E-state index is 0.381. The fourth-order valence-corrected chi connectivity index (χ4v) is 2.15. The molecule has 2 atom stereocenters. The highest BCUT2D eigenvalue weighted by atomic mass is 16.5. The number of para-hydroxylation sites is 1. The van der Waals surface area contributed by atoms with Crippen molar-refractivity contribution >= 4 is 0 Å². The summed E-state index contributed by atoms with van der Waals surface area (Å²) in [5, 5.41) is 0. The molecule has 1 aliphatic rings. The molecule has 15 heavy (non-hydrogen) atoms. The number of benzene rings is 1. The fourth-order valence-electron chi connectivity index (χ4n) is 2.15. The summed E-state index contributed by atoms with van der Waals surface area (Å²) in [5.41, 5.74) is 6.95. The summed E-state index contributed by atoms with van der Waals surface area (Å²) >= 11 is 0. The number of rotatable bonds is 3. The minimum Gasteiger partial charge on any atom is -0.496 e. The summed E-state index contributed by atoms with van der Waals surface area (Å²) in [5.74, 6) is 1.74.